The fourth-order valence-corrected chi connectivity index (χ4v) is 8.40. The highest BCUT2D eigenvalue weighted by Gasteiger charge is 2.19. The molecule has 0 aromatic rings. The number of ether oxygens (including phenoxy) is 3. The Morgan fingerprint density at radius 2 is 0.565 bits per heavy atom. The number of carbonyl (C=O) groups is 3. The third-order valence-corrected chi connectivity index (χ3v) is 13.4. The summed E-state index contributed by atoms with van der Waals surface area (Å²) < 4.78 is 16.9. The predicted octanol–water partition coefficient (Wildman–Crippen LogP) is 17.9. The van der Waals surface area contributed by atoms with Crippen molar-refractivity contribution in [2.24, 2.45) is 17.8 Å². The van der Waals surface area contributed by atoms with Crippen LogP contribution in [0.4, 0.5) is 0 Å². The number of esters is 3. The Balaban J connectivity index is 4.29. The molecule has 0 saturated heterocycles. The van der Waals surface area contributed by atoms with E-state index < -0.39 is 6.10 Å². The van der Waals surface area contributed by atoms with Crippen molar-refractivity contribution in [3.05, 3.63) is 0 Å². The van der Waals surface area contributed by atoms with Crippen LogP contribution in [0.25, 0.3) is 0 Å². The molecular formula is C56H108O6. The number of hydrogen-bond donors (Lipinski definition) is 0. The van der Waals surface area contributed by atoms with Crippen LogP contribution in [0.3, 0.4) is 0 Å². The lowest BCUT2D eigenvalue weighted by Gasteiger charge is -2.18. The molecule has 0 saturated carbocycles. The Bertz CT molecular complexity index is 964. The minimum atomic E-state index is -0.763. The molecule has 0 fully saturated rings. The zero-order valence-corrected chi connectivity index (χ0v) is 42.7. The van der Waals surface area contributed by atoms with E-state index in [1.54, 1.807) is 0 Å². The van der Waals surface area contributed by atoms with Crippen LogP contribution in [0.5, 0.6) is 0 Å². The maximum atomic E-state index is 12.8. The Morgan fingerprint density at radius 3 is 0.839 bits per heavy atom. The quantitative estimate of drug-likeness (QED) is 0.0344. The normalized spacial score (nSPS) is 13.0. The summed E-state index contributed by atoms with van der Waals surface area (Å²) in [7, 11) is 0. The molecule has 6 nitrogen and oxygen atoms in total. The molecule has 0 aromatic heterocycles. The van der Waals surface area contributed by atoms with E-state index in [0.717, 1.165) is 75.5 Å². The topological polar surface area (TPSA) is 78.9 Å². The summed E-state index contributed by atoms with van der Waals surface area (Å²) >= 11 is 0. The van der Waals surface area contributed by atoms with E-state index >= 15 is 0 Å². The van der Waals surface area contributed by atoms with Crippen LogP contribution in [0, 0.1) is 17.8 Å². The van der Waals surface area contributed by atoms with Gasteiger partial charge in [-0.25, -0.2) is 0 Å². The maximum absolute atomic E-state index is 12.8. The van der Waals surface area contributed by atoms with E-state index in [-0.39, 0.29) is 31.1 Å². The van der Waals surface area contributed by atoms with Crippen LogP contribution >= 0.6 is 0 Å². The van der Waals surface area contributed by atoms with Crippen molar-refractivity contribution in [3.8, 4) is 0 Å². The first-order valence-corrected chi connectivity index (χ1v) is 27.7. The van der Waals surface area contributed by atoms with E-state index in [4.69, 9.17) is 14.2 Å². The van der Waals surface area contributed by atoms with Gasteiger partial charge in [0.2, 0.25) is 0 Å². The van der Waals surface area contributed by atoms with Crippen molar-refractivity contribution in [3.63, 3.8) is 0 Å². The maximum Gasteiger partial charge on any atom is 0.306 e. The Kier molecular flexibility index (Phi) is 46.2. The lowest BCUT2D eigenvalue weighted by molar-refractivity contribution is -0.167. The lowest BCUT2D eigenvalue weighted by atomic mass is 9.99. The molecule has 0 rings (SSSR count). The molecule has 0 heterocycles. The van der Waals surface area contributed by atoms with Crippen LogP contribution in [-0.2, 0) is 28.6 Å². The molecule has 368 valence electrons. The minimum Gasteiger partial charge on any atom is -0.462 e. The Labute approximate surface area is 387 Å². The van der Waals surface area contributed by atoms with Gasteiger partial charge in [-0.15, -0.1) is 0 Å². The van der Waals surface area contributed by atoms with Gasteiger partial charge in [0.1, 0.15) is 13.2 Å². The molecule has 0 bridgehead atoms. The van der Waals surface area contributed by atoms with Crippen LogP contribution in [0.1, 0.15) is 305 Å². The molecule has 0 aliphatic rings. The van der Waals surface area contributed by atoms with Crippen LogP contribution in [0.15, 0.2) is 0 Å². The van der Waals surface area contributed by atoms with Crippen molar-refractivity contribution in [2.75, 3.05) is 13.2 Å². The van der Waals surface area contributed by atoms with Crippen LogP contribution in [-0.4, -0.2) is 37.2 Å². The van der Waals surface area contributed by atoms with Crippen molar-refractivity contribution < 1.29 is 28.6 Å². The fraction of sp³-hybridized carbons (Fsp3) is 0.946. The monoisotopic (exact) mass is 877 g/mol. The van der Waals surface area contributed by atoms with Crippen molar-refractivity contribution in [1.29, 1.82) is 0 Å². The molecule has 0 spiro atoms. The lowest BCUT2D eigenvalue weighted by Crippen LogP contribution is -2.30. The van der Waals surface area contributed by atoms with Gasteiger partial charge in [0, 0.05) is 19.3 Å². The fourth-order valence-electron chi connectivity index (χ4n) is 8.40. The molecule has 0 aliphatic heterocycles. The highest BCUT2D eigenvalue weighted by atomic mass is 16.6. The van der Waals surface area contributed by atoms with Gasteiger partial charge in [-0.2, -0.15) is 0 Å². The molecular weight excluding hydrogens is 769 g/mol. The smallest absolute Gasteiger partial charge is 0.306 e. The second kappa shape index (κ2) is 47.4. The van der Waals surface area contributed by atoms with Gasteiger partial charge >= 0.3 is 17.9 Å². The van der Waals surface area contributed by atoms with E-state index in [0.29, 0.717) is 19.3 Å². The summed E-state index contributed by atoms with van der Waals surface area (Å²) in [6.45, 7) is 13.8. The highest BCUT2D eigenvalue weighted by molar-refractivity contribution is 5.71. The minimum absolute atomic E-state index is 0.0644. The molecule has 0 radical (unpaired) electrons. The van der Waals surface area contributed by atoms with Gasteiger partial charge in [0.15, 0.2) is 6.10 Å². The van der Waals surface area contributed by atoms with Gasteiger partial charge in [0.05, 0.1) is 0 Å². The number of unbranched alkanes of at least 4 members (excludes halogenated alkanes) is 30. The van der Waals surface area contributed by atoms with Gasteiger partial charge in [0.25, 0.3) is 0 Å². The van der Waals surface area contributed by atoms with Gasteiger partial charge < -0.3 is 14.2 Å². The average Bonchev–Trinajstić information content (AvgIpc) is 3.26. The van der Waals surface area contributed by atoms with E-state index in [1.807, 2.05) is 0 Å². The molecule has 2 unspecified atom stereocenters. The summed E-state index contributed by atoms with van der Waals surface area (Å²) in [6.07, 6.45) is 47.9. The molecule has 0 N–H and O–H groups in total. The zero-order valence-electron chi connectivity index (χ0n) is 42.7. The third kappa shape index (κ3) is 46.4. The summed E-state index contributed by atoms with van der Waals surface area (Å²) in [6, 6.07) is 0. The predicted molar refractivity (Wildman–Crippen MR) is 266 cm³/mol. The Morgan fingerprint density at radius 1 is 0.323 bits per heavy atom. The first-order chi connectivity index (χ1) is 30.2. The third-order valence-electron chi connectivity index (χ3n) is 13.4. The summed E-state index contributed by atoms with van der Waals surface area (Å²) in [5, 5.41) is 0. The average molecular weight is 877 g/mol. The number of hydrogen-bond acceptors (Lipinski definition) is 6. The van der Waals surface area contributed by atoms with Crippen LogP contribution in [0.2, 0.25) is 0 Å². The Hall–Kier alpha value is -1.59. The first kappa shape index (κ1) is 60.4. The molecule has 0 aliphatic carbocycles. The zero-order chi connectivity index (χ0) is 45.6. The van der Waals surface area contributed by atoms with Gasteiger partial charge in [-0.3, -0.25) is 14.4 Å². The van der Waals surface area contributed by atoms with Gasteiger partial charge in [-0.1, -0.05) is 266 Å². The first-order valence-electron chi connectivity index (χ1n) is 27.7. The van der Waals surface area contributed by atoms with Crippen molar-refractivity contribution in [2.45, 2.75) is 311 Å². The summed E-state index contributed by atoms with van der Waals surface area (Å²) in [5.41, 5.74) is 0. The van der Waals surface area contributed by atoms with E-state index in [1.165, 1.54) is 186 Å². The molecule has 0 amide bonds. The molecule has 62 heavy (non-hydrogen) atoms. The van der Waals surface area contributed by atoms with E-state index in [9.17, 15) is 14.4 Å². The van der Waals surface area contributed by atoms with Crippen molar-refractivity contribution >= 4 is 17.9 Å². The summed E-state index contributed by atoms with van der Waals surface area (Å²) in [4.78, 5) is 38.0. The standard InChI is InChI=1S/C56H108O6/c1-7-51(5)43-37-31-25-19-13-11-9-10-12-14-21-27-33-39-45-54(57)60-48-53(62-56(59)47-41-35-29-23-17-18-24-30-36-42-50(3)4)49-61-55(58)46-40-34-28-22-16-15-20-26-32-38-44-52(6)8-2/h50-53H,7-49H2,1-6H3/t51?,52?,53-/m1/s1. The molecule has 3 atom stereocenters. The number of rotatable bonds is 49. The second-order valence-corrected chi connectivity index (χ2v) is 20.2. The van der Waals surface area contributed by atoms with E-state index in [2.05, 4.69) is 41.5 Å². The van der Waals surface area contributed by atoms with Gasteiger partial charge in [-0.05, 0) is 37.0 Å². The number of carbonyl (C=O) groups excluding carboxylic acids is 3. The molecule has 6 heteroatoms. The second-order valence-electron chi connectivity index (χ2n) is 20.2. The van der Waals surface area contributed by atoms with Crippen molar-refractivity contribution in [1.82, 2.24) is 0 Å². The SMILES string of the molecule is CCC(C)CCCCCCCCCCCCCCCCC(=O)OC[C@H](COC(=O)CCCCCCCCCCCCC(C)CC)OC(=O)CCCCCCCCCCCC(C)C. The highest BCUT2D eigenvalue weighted by Crippen LogP contribution is 2.19. The largest absolute Gasteiger partial charge is 0.462 e. The summed E-state index contributed by atoms with van der Waals surface area (Å²) in [5.74, 6) is 1.72. The molecule has 0 aromatic carbocycles. The van der Waals surface area contributed by atoms with Crippen LogP contribution < -0.4 is 0 Å².